The molecule has 230 valence electrons. The number of benzene rings is 2. The Morgan fingerprint density at radius 3 is 2.23 bits per heavy atom. The van der Waals surface area contributed by atoms with Gasteiger partial charge in [-0.25, -0.2) is 0 Å². The van der Waals surface area contributed by atoms with E-state index in [0.29, 0.717) is 36.6 Å². The Hall–Kier alpha value is -4.49. The molecule has 0 aromatic heterocycles. The zero-order valence-corrected chi connectivity index (χ0v) is 23.2. The third kappa shape index (κ3) is 7.67. The number of rotatable bonds is 13. The van der Waals surface area contributed by atoms with E-state index in [4.69, 9.17) is 4.74 Å². The Kier molecular flexibility index (Phi) is 9.99. The highest BCUT2D eigenvalue weighted by Crippen LogP contribution is 2.35. The van der Waals surface area contributed by atoms with Crippen molar-refractivity contribution in [1.82, 2.24) is 20.9 Å². The molecular formula is C29H31F3N4O7. The normalized spacial score (nSPS) is 16.7. The summed E-state index contributed by atoms with van der Waals surface area (Å²) in [5, 5.41) is 7.72. The lowest BCUT2D eigenvalue weighted by Gasteiger charge is -2.34. The van der Waals surface area contributed by atoms with E-state index in [-0.39, 0.29) is 48.8 Å². The van der Waals surface area contributed by atoms with Crippen molar-refractivity contribution in [1.29, 1.82) is 0 Å². The number of piperidine rings is 1. The summed E-state index contributed by atoms with van der Waals surface area (Å²) in [6, 6.07) is 6.83. The van der Waals surface area contributed by atoms with Crippen molar-refractivity contribution in [2.24, 2.45) is 0 Å². The Balaban J connectivity index is 1.23. The molecule has 6 amide bonds. The lowest BCUT2D eigenvalue weighted by molar-refractivity contribution is -0.173. The molecule has 2 heterocycles. The van der Waals surface area contributed by atoms with Crippen LogP contribution in [0.15, 0.2) is 30.3 Å². The summed E-state index contributed by atoms with van der Waals surface area (Å²) in [6.07, 6.45) is -0.612. The standard InChI is InChI=1S/C29H31F3N4O7/c30-29(31,32)28(42)34-13-6-4-2-1-3-5-12-33-23(38)16-43-18-14-17-8-7-9-19-24(17)20(15-18)27(41)36(26(19)40)21-10-11-22(37)35-25(21)39/h7-9,14-15,21H,1-6,10-13,16H2,(H,33,38)(H,34,42)(H,35,37,39). The van der Waals surface area contributed by atoms with Gasteiger partial charge in [-0.1, -0.05) is 37.8 Å². The van der Waals surface area contributed by atoms with Gasteiger partial charge in [-0.05, 0) is 42.8 Å². The van der Waals surface area contributed by atoms with Crippen LogP contribution in [0.5, 0.6) is 5.75 Å². The second kappa shape index (κ2) is 13.7. The average Bonchev–Trinajstić information content (AvgIpc) is 2.96. The zero-order valence-electron chi connectivity index (χ0n) is 23.2. The van der Waals surface area contributed by atoms with Crippen molar-refractivity contribution in [3.63, 3.8) is 0 Å². The van der Waals surface area contributed by atoms with Crippen molar-refractivity contribution in [3.8, 4) is 5.75 Å². The highest BCUT2D eigenvalue weighted by molar-refractivity contribution is 6.27. The molecule has 0 bridgehead atoms. The molecule has 0 saturated carbocycles. The maximum atomic E-state index is 13.4. The topological polar surface area (TPSA) is 151 Å². The number of amides is 6. The molecule has 0 aliphatic carbocycles. The predicted octanol–water partition coefficient (Wildman–Crippen LogP) is 2.76. The number of nitrogens with zero attached hydrogens (tertiary/aromatic N) is 1. The zero-order chi connectivity index (χ0) is 31.1. The first-order chi connectivity index (χ1) is 20.5. The number of unbranched alkanes of at least 4 members (excludes halogenated alkanes) is 5. The number of imide groups is 2. The predicted molar refractivity (Wildman–Crippen MR) is 146 cm³/mol. The second-order valence-electron chi connectivity index (χ2n) is 10.3. The van der Waals surface area contributed by atoms with E-state index in [1.54, 1.807) is 24.3 Å². The monoisotopic (exact) mass is 604 g/mol. The second-order valence-corrected chi connectivity index (χ2v) is 10.3. The number of carbonyl (C=O) groups is 6. The van der Waals surface area contributed by atoms with Gasteiger partial charge in [0.25, 0.3) is 17.7 Å². The fourth-order valence-corrected chi connectivity index (χ4v) is 5.08. The molecule has 1 fully saturated rings. The largest absolute Gasteiger partial charge is 0.484 e. The van der Waals surface area contributed by atoms with E-state index in [9.17, 15) is 41.9 Å². The molecule has 11 nitrogen and oxygen atoms in total. The van der Waals surface area contributed by atoms with Crippen LogP contribution in [0.1, 0.15) is 72.1 Å². The van der Waals surface area contributed by atoms with Gasteiger partial charge in [0, 0.05) is 30.5 Å². The van der Waals surface area contributed by atoms with Crippen LogP contribution >= 0.6 is 0 Å². The molecule has 0 spiro atoms. The molecule has 0 radical (unpaired) electrons. The molecule has 1 saturated heterocycles. The fourth-order valence-electron chi connectivity index (χ4n) is 5.08. The maximum Gasteiger partial charge on any atom is 0.471 e. The summed E-state index contributed by atoms with van der Waals surface area (Å²) in [6.45, 7) is 0.0502. The van der Waals surface area contributed by atoms with Gasteiger partial charge in [0.15, 0.2) is 6.61 Å². The molecule has 43 heavy (non-hydrogen) atoms. The van der Waals surface area contributed by atoms with Crippen LogP contribution in [0.3, 0.4) is 0 Å². The molecule has 4 rings (SSSR count). The Morgan fingerprint density at radius 2 is 1.56 bits per heavy atom. The number of hydrogen-bond acceptors (Lipinski definition) is 7. The van der Waals surface area contributed by atoms with Gasteiger partial charge in [-0.15, -0.1) is 0 Å². The minimum Gasteiger partial charge on any atom is -0.484 e. The van der Waals surface area contributed by atoms with E-state index >= 15 is 0 Å². The van der Waals surface area contributed by atoms with Gasteiger partial charge in [-0.3, -0.25) is 39.0 Å². The first-order valence-corrected chi connectivity index (χ1v) is 14.0. The summed E-state index contributed by atoms with van der Waals surface area (Å²) in [4.78, 5) is 74.6. The molecule has 3 N–H and O–H groups in total. The lowest BCUT2D eigenvalue weighted by atomic mass is 9.91. The first-order valence-electron chi connectivity index (χ1n) is 14.0. The van der Waals surface area contributed by atoms with Crippen molar-refractivity contribution in [2.75, 3.05) is 19.7 Å². The van der Waals surface area contributed by atoms with Crippen LogP contribution < -0.4 is 20.7 Å². The quantitative estimate of drug-likeness (QED) is 0.235. The summed E-state index contributed by atoms with van der Waals surface area (Å²) >= 11 is 0. The molecular weight excluding hydrogens is 573 g/mol. The number of halogens is 3. The van der Waals surface area contributed by atoms with E-state index < -0.39 is 41.8 Å². The fraction of sp³-hybridized carbons (Fsp3) is 0.448. The van der Waals surface area contributed by atoms with Crippen LogP contribution in [0, 0.1) is 0 Å². The van der Waals surface area contributed by atoms with Gasteiger partial charge in [0.1, 0.15) is 11.8 Å². The highest BCUT2D eigenvalue weighted by Gasteiger charge is 2.43. The van der Waals surface area contributed by atoms with Gasteiger partial charge < -0.3 is 15.4 Å². The number of alkyl halides is 3. The van der Waals surface area contributed by atoms with Crippen LogP contribution in [-0.4, -0.2) is 72.3 Å². The van der Waals surface area contributed by atoms with Crippen molar-refractivity contribution in [3.05, 3.63) is 41.5 Å². The van der Waals surface area contributed by atoms with E-state index in [0.717, 1.165) is 24.2 Å². The lowest BCUT2D eigenvalue weighted by Crippen LogP contribution is -2.57. The summed E-state index contributed by atoms with van der Waals surface area (Å²) in [7, 11) is 0. The Labute approximate surface area is 244 Å². The van der Waals surface area contributed by atoms with Crippen molar-refractivity contribution >= 4 is 46.2 Å². The third-order valence-corrected chi connectivity index (χ3v) is 7.21. The molecule has 2 aliphatic rings. The molecule has 2 aromatic carbocycles. The van der Waals surface area contributed by atoms with E-state index in [1.807, 2.05) is 5.32 Å². The van der Waals surface area contributed by atoms with Gasteiger partial charge in [0.05, 0.1) is 5.56 Å². The van der Waals surface area contributed by atoms with Crippen LogP contribution in [-0.2, 0) is 19.2 Å². The molecule has 14 heteroatoms. The third-order valence-electron chi connectivity index (χ3n) is 7.21. The number of nitrogens with one attached hydrogen (secondary N) is 3. The van der Waals surface area contributed by atoms with Gasteiger partial charge >= 0.3 is 12.1 Å². The summed E-state index contributed by atoms with van der Waals surface area (Å²) in [5.41, 5.74) is 0.393. The van der Waals surface area contributed by atoms with Crippen LogP contribution in [0.25, 0.3) is 10.8 Å². The highest BCUT2D eigenvalue weighted by atomic mass is 19.4. The SMILES string of the molecule is O=C(COc1cc2c3c(cccc3c1)C(=O)N(C1CCC(=O)NC1=O)C2=O)NCCCCCCCCNC(=O)C(F)(F)F. The minimum absolute atomic E-state index is 0.00196. The Morgan fingerprint density at radius 1 is 0.907 bits per heavy atom. The van der Waals surface area contributed by atoms with Crippen molar-refractivity contribution in [2.45, 2.75) is 63.6 Å². The average molecular weight is 605 g/mol. The van der Waals surface area contributed by atoms with Crippen LogP contribution in [0.4, 0.5) is 13.2 Å². The number of carbonyl (C=O) groups excluding carboxylic acids is 6. The number of hydrogen-bond donors (Lipinski definition) is 3. The minimum atomic E-state index is -4.87. The van der Waals surface area contributed by atoms with E-state index in [2.05, 4.69) is 10.6 Å². The molecule has 2 aliphatic heterocycles. The van der Waals surface area contributed by atoms with Gasteiger partial charge in [0.2, 0.25) is 11.8 Å². The maximum absolute atomic E-state index is 13.4. The van der Waals surface area contributed by atoms with E-state index in [1.165, 1.54) is 6.07 Å². The molecule has 1 unspecified atom stereocenters. The van der Waals surface area contributed by atoms with Crippen molar-refractivity contribution < 1.29 is 46.7 Å². The first kappa shape index (κ1) is 31.4. The molecule has 2 aromatic rings. The van der Waals surface area contributed by atoms with Crippen LogP contribution in [0.2, 0.25) is 0 Å². The van der Waals surface area contributed by atoms with Gasteiger partial charge in [-0.2, -0.15) is 13.2 Å². The smallest absolute Gasteiger partial charge is 0.471 e. The summed E-state index contributed by atoms with van der Waals surface area (Å²) < 4.78 is 42.0. The molecule has 1 atom stereocenters. The number of ether oxygens (including phenoxy) is 1. The summed E-state index contributed by atoms with van der Waals surface area (Å²) in [5.74, 6) is -4.58. The Bertz CT molecular complexity index is 1440.